The molecule has 0 saturated carbocycles. The van der Waals surface area contributed by atoms with Crippen LogP contribution >= 0.6 is 0 Å². The molecule has 21 heavy (non-hydrogen) atoms. The van der Waals surface area contributed by atoms with Crippen molar-refractivity contribution in [1.29, 1.82) is 0 Å². The van der Waals surface area contributed by atoms with Crippen LogP contribution in [0.3, 0.4) is 0 Å². The van der Waals surface area contributed by atoms with E-state index in [0.717, 1.165) is 31.9 Å². The summed E-state index contributed by atoms with van der Waals surface area (Å²) in [6, 6.07) is 2.19. The van der Waals surface area contributed by atoms with Gasteiger partial charge in [0.15, 0.2) is 0 Å². The lowest BCUT2D eigenvalue weighted by Gasteiger charge is -2.33. The molecule has 1 fully saturated rings. The standard InChI is InChI=1S/C17H31N3O/c1-5-6-19-7-9-20(10-8-19)13-16-11-15(14-21-16)12-18-17(2,3)4/h11,14,18H,5-10,12-13H2,1-4H3. The lowest BCUT2D eigenvalue weighted by atomic mass is 10.1. The first kappa shape index (κ1) is 16.5. The highest BCUT2D eigenvalue weighted by atomic mass is 16.3. The molecule has 0 radical (unpaired) electrons. The third-order valence-electron chi connectivity index (χ3n) is 3.92. The van der Waals surface area contributed by atoms with E-state index in [4.69, 9.17) is 4.42 Å². The van der Waals surface area contributed by atoms with Crippen molar-refractivity contribution in [2.45, 2.75) is 52.7 Å². The molecule has 0 bridgehead atoms. The summed E-state index contributed by atoms with van der Waals surface area (Å²) in [6.07, 6.45) is 3.14. The second-order valence-corrected chi connectivity index (χ2v) is 7.14. The molecule has 1 N–H and O–H groups in total. The smallest absolute Gasteiger partial charge is 0.118 e. The van der Waals surface area contributed by atoms with Crippen LogP contribution in [-0.2, 0) is 13.1 Å². The van der Waals surface area contributed by atoms with Gasteiger partial charge in [-0.05, 0) is 39.8 Å². The van der Waals surface area contributed by atoms with Crippen LogP contribution in [0.2, 0.25) is 0 Å². The molecule has 2 rings (SSSR count). The van der Waals surface area contributed by atoms with Gasteiger partial charge in [-0.1, -0.05) is 6.92 Å². The van der Waals surface area contributed by atoms with Gasteiger partial charge in [-0.15, -0.1) is 0 Å². The summed E-state index contributed by atoms with van der Waals surface area (Å²) in [5.74, 6) is 1.09. The molecule has 4 nitrogen and oxygen atoms in total. The molecule has 4 heteroatoms. The van der Waals surface area contributed by atoms with Crippen LogP contribution in [0.15, 0.2) is 16.7 Å². The molecule has 2 heterocycles. The van der Waals surface area contributed by atoms with Crippen molar-refractivity contribution >= 4 is 0 Å². The summed E-state index contributed by atoms with van der Waals surface area (Å²) < 4.78 is 5.71. The van der Waals surface area contributed by atoms with Crippen molar-refractivity contribution in [1.82, 2.24) is 15.1 Å². The van der Waals surface area contributed by atoms with Gasteiger partial charge >= 0.3 is 0 Å². The maximum atomic E-state index is 5.71. The summed E-state index contributed by atoms with van der Waals surface area (Å²) in [7, 11) is 0. The van der Waals surface area contributed by atoms with Crippen LogP contribution in [0, 0.1) is 0 Å². The first-order valence-corrected chi connectivity index (χ1v) is 8.22. The molecule has 0 atom stereocenters. The van der Waals surface area contributed by atoms with E-state index in [1.54, 1.807) is 0 Å². The van der Waals surface area contributed by atoms with Crippen molar-refractivity contribution in [3.63, 3.8) is 0 Å². The van der Waals surface area contributed by atoms with Gasteiger partial charge in [0.05, 0.1) is 12.8 Å². The Hall–Kier alpha value is -0.840. The van der Waals surface area contributed by atoms with Crippen LogP contribution in [0.5, 0.6) is 0 Å². The minimum Gasteiger partial charge on any atom is -0.468 e. The zero-order valence-electron chi connectivity index (χ0n) is 14.1. The Morgan fingerprint density at radius 2 is 1.81 bits per heavy atom. The molecule has 1 saturated heterocycles. The Morgan fingerprint density at radius 3 is 2.43 bits per heavy atom. The zero-order chi connectivity index (χ0) is 15.3. The lowest BCUT2D eigenvalue weighted by molar-refractivity contribution is 0.121. The van der Waals surface area contributed by atoms with E-state index in [9.17, 15) is 0 Å². The Kier molecular flexibility index (Phi) is 5.85. The Bertz CT molecular complexity index is 414. The van der Waals surface area contributed by atoms with Gasteiger partial charge in [0, 0.05) is 43.8 Å². The molecule has 0 amide bonds. The fraction of sp³-hybridized carbons (Fsp3) is 0.765. The molecule has 1 aromatic heterocycles. The van der Waals surface area contributed by atoms with Crippen LogP contribution in [0.25, 0.3) is 0 Å². The Balaban J connectivity index is 1.75. The molecule has 0 aliphatic carbocycles. The van der Waals surface area contributed by atoms with E-state index in [1.807, 2.05) is 6.26 Å². The van der Waals surface area contributed by atoms with Crippen molar-refractivity contribution in [3.8, 4) is 0 Å². The quantitative estimate of drug-likeness (QED) is 0.874. The minimum absolute atomic E-state index is 0.146. The van der Waals surface area contributed by atoms with E-state index in [-0.39, 0.29) is 5.54 Å². The number of furan rings is 1. The topological polar surface area (TPSA) is 31.6 Å². The highest BCUT2D eigenvalue weighted by Gasteiger charge is 2.17. The number of nitrogens with one attached hydrogen (secondary N) is 1. The minimum atomic E-state index is 0.146. The molecule has 1 aliphatic rings. The van der Waals surface area contributed by atoms with E-state index in [2.05, 4.69) is 48.9 Å². The van der Waals surface area contributed by atoms with Gasteiger partial charge in [-0.25, -0.2) is 0 Å². The predicted octanol–water partition coefficient (Wildman–Crippen LogP) is 2.70. The molecule has 0 spiro atoms. The maximum absolute atomic E-state index is 5.71. The maximum Gasteiger partial charge on any atom is 0.118 e. The van der Waals surface area contributed by atoms with E-state index >= 15 is 0 Å². The summed E-state index contributed by atoms with van der Waals surface area (Å²) in [4.78, 5) is 5.04. The number of rotatable bonds is 6. The Morgan fingerprint density at radius 1 is 1.14 bits per heavy atom. The summed E-state index contributed by atoms with van der Waals surface area (Å²) in [5, 5.41) is 3.49. The van der Waals surface area contributed by atoms with Crippen molar-refractivity contribution in [2.24, 2.45) is 0 Å². The number of nitrogens with zero attached hydrogens (tertiary/aromatic N) is 2. The number of piperazine rings is 1. The van der Waals surface area contributed by atoms with Crippen molar-refractivity contribution in [2.75, 3.05) is 32.7 Å². The molecular formula is C17H31N3O. The largest absolute Gasteiger partial charge is 0.468 e. The molecule has 1 aromatic rings. The third kappa shape index (κ3) is 5.81. The highest BCUT2D eigenvalue weighted by Crippen LogP contribution is 2.13. The average Bonchev–Trinajstić information content (AvgIpc) is 2.86. The van der Waals surface area contributed by atoms with Crippen LogP contribution in [0.1, 0.15) is 45.4 Å². The number of hydrogen-bond acceptors (Lipinski definition) is 4. The van der Waals surface area contributed by atoms with Gasteiger partial charge < -0.3 is 14.6 Å². The summed E-state index contributed by atoms with van der Waals surface area (Å²) in [6.45, 7) is 16.5. The SMILES string of the molecule is CCCN1CCN(Cc2cc(CNC(C)(C)C)co2)CC1. The molecule has 0 unspecified atom stereocenters. The first-order valence-electron chi connectivity index (χ1n) is 8.22. The second-order valence-electron chi connectivity index (χ2n) is 7.14. The Labute approximate surface area is 129 Å². The molecular weight excluding hydrogens is 262 g/mol. The van der Waals surface area contributed by atoms with Gasteiger partial charge in [-0.3, -0.25) is 4.90 Å². The molecule has 120 valence electrons. The van der Waals surface area contributed by atoms with Gasteiger partial charge in [-0.2, -0.15) is 0 Å². The van der Waals surface area contributed by atoms with Crippen molar-refractivity contribution < 1.29 is 4.42 Å². The van der Waals surface area contributed by atoms with Gasteiger partial charge in [0.1, 0.15) is 5.76 Å². The van der Waals surface area contributed by atoms with E-state index in [0.29, 0.717) is 0 Å². The predicted molar refractivity (Wildman–Crippen MR) is 87.3 cm³/mol. The zero-order valence-corrected chi connectivity index (χ0v) is 14.1. The summed E-state index contributed by atoms with van der Waals surface area (Å²) in [5.41, 5.74) is 1.39. The average molecular weight is 293 g/mol. The van der Waals surface area contributed by atoms with Crippen LogP contribution in [0.4, 0.5) is 0 Å². The monoisotopic (exact) mass is 293 g/mol. The van der Waals surface area contributed by atoms with Gasteiger partial charge in [0.25, 0.3) is 0 Å². The summed E-state index contributed by atoms with van der Waals surface area (Å²) >= 11 is 0. The third-order valence-corrected chi connectivity index (χ3v) is 3.92. The van der Waals surface area contributed by atoms with Crippen LogP contribution in [-0.4, -0.2) is 48.1 Å². The number of hydrogen-bond donors (Lipinski definition) is 1. The van der Waals surface area contributed by atoms with E-state index < -0.39 is 0 Å². The first-order chi connectivity index (χ1) is 9.96. The second kappa shape index (κ2) is 7.43. The lowest BCUT2D eigenvalue weighted by Crippen LogP contribution is -2.45. The molecule has 1 aliphatic heterocycles. The highest BCUT2D eigenvalue weighted by molar-refractivity contribution is 5.13. The van der Waals surface area contributed by atoms with Crippen molar-refractivity contribution in [3.05, 3.63) is 23.7 Å². The fourth-order valence-corrected chi connectivity index (χ4v) is 2.68. The normalized spacial score (nSPS) is 18.3. The molecule has 0 aromatic carbocycles. The van der Waals surface area contributed by atoms with Gasteiger partial charge in [0.2, 0.25) is 0 Å². The van der Waals surface area contributed by atoms with Crippen LogP contribution < -0.4 is 5.32 Å². The fourth-order valence-electron chi connectivity index (χ4n) is 2.68. The van der Waals surface area contributed by atoms with E-state index in [1.165, 1.54) is 31.6 Å².